The van der Waals surface area contributed by atoms with Gasteiger partial charge in [-0.1, -0.05) is 0 Å². The van der Waals surface area contributed by atoms with Gasteiger partial charge in [-0.2, -0.15) is 0 Å². The molecule has 3 aliphatic heterocycles. The fourth-order valence-electron chi connectivity index (χ4n) is 4.81. The van der Waals surface area contributed by atoms with Crippen LogP contribution in [0.1, 0.15) is 44.9 Å². The summed E-state index contributed by atoms with van der Waals surface area (Å²) < 4.78 is 4.92. The number of hydrogen-bond donors (Lipinski definition) is 7. The predicted octanol–water partition coefficient (Wildman–Crippen LogP) is -7.45. The monoisotopic (exact) mass is 902 g/mol. The van der Waals surface area contributed by atoms with E-state index in [4.69, 9.17) is 4.74 Å². The molecule has 0 spiro atoms. The summed E-state index contributed by atoms with van der Waals surface area (Å²) in [5.74, 6) is -27.8. The molecule has 3 aliphatic rings. The number of aliphatic hydroxyl groups excluding tert-OH is 4. The van der Waals surface area contributed by atoms with Crippen molar-refractivity contribution in [1.29, 1.82) is 0 Å². The van der Waals surface area contributed by atoms with E-state index >= 15 is 0 Å². The fourth-order valence-corrected chi connectivity index (χ4v) is 4.81. The van der Waals surface area contributed by atoms with Crippen LogP contribution in [0.2, 0.25) is 0 Å². The van der Waals surface area contributed by atoms with Gasteiger partial charge in [0.25, 0.3) is 0 Å². The van der Waals surface area contributed by atoms with Crippen LogP contribution in [0.5, 0.6) is 0 Å². The summed E-state index contributed by atoms with van der Waals surface area (Å²) in [6, 6.07) is 0. The Balaban J connectivity index is 1.71. The fraction of sp³-hybridized carbons (Fsp3) is 0.533. The zero-order valence-corrected chi connectivity index (χ0v) is 30.5. The second-order valence-electron chi connectivity index (χ2n) is 12.4. The Labute approximate surface area is 339 Å². The van der Waals surface area contributed by atoms with Crippen molar-refractivity contribution in [2.45, 2.75) is 86.4 Å². The van der Waals surface area contributed by atoms with Crippen molar-refractivity contribution >= 4 is 71.6 Å². The third-order valence-corrected chi connectivity index (χ3v) is 7.88. The molecule has 0 aromatic carbocycles. The molecule has 3 saturated heterocycles. The molecular weight excluding hydrogens is 872 g/mol. The number of rotatable bonds is 8. The van der Waals surface area contributed by atoms with E-state index in [-0.39, 0.29) is 12.2 Å². The smallest absolute Gasteiger partial charge is 0.388 e. The number of aliphatic hydroxyl groups is 7. The summed E-state index contributed by atoms with van der Waals surface area (Å²) >= 11 is 0. The van der Waals surface area contributed by atoms with Crippen LogP contribution in [0, 0.1) is 5.92 Å². The van der Waals surface area contributed by atoms with Gasteiger partial charge in [-0.25, -0.2) is 116 Å². The number of carbonyl (C=O) groups excluding carboxylic acids is 12. The molecule has 3 fully saturated rings. The second kappa shape index (κ2) is 21.0. The first-order chi connectivity index (χ1) is 28.9. The molecule has 8 atom stereocenters. The Bertz CT molecular complexity index is 1850. The van der Waals surface area contributed by atoms with E-state index in [2.05, 4.69) is 58.7 Å². The Hall–Kier alpha value is -6.94. The first-order valence-corrected chi connectivity index (χ1v) is 16.6. The minimum absolute atomic E-state index is 0.0639. The van der Waals surface area contributed by atoms with E-state index in [0.717, 1.165) is 0 Å². The maximum Gasteiger partial charge on any atom is 0.388 e. The SMILES string of the molecule is O=C(/C=C/C(=O)OOC(=O)CC1(O)C(=O)OOC(=O)CCC(=O)OOC(=O)C1C1O[C@@](O)(CO)[C@@H](O)[C@H](O)[C@@H]1O)OOC(=O)CC1(O)CC(=O)OOC(=O)CCC(=O)OOC1=O. The van der Waals surface area contributed by atoms with Crippen molar-refractivity contribution in [2.75, 3.05) is 6.61 Å². The summed E-state index contributed by atoms with van der Waals surface area (Å²) in [6.07, 6.45) is -18.9. The maximum atomic E-state index is 13.2. The molecule has 0 saturated carbocycles. The molecule has 32 heteroatoms. The van der Waals surface area contributed by atoms with Gasteiger partial charge in [0, 0.05) is 12.2 Å². The summed E-state index contributed by atoms with van der Waals surface area (Å²) in [6.45, 7) is -1.63. The molecule has 3 rings (SSSR count). The summed E-state index contributed by atoms with van der Waals surface area (Å²) in [5.41, 5.74) is -7.28. The third kappa shape index (κ3) is 13.0. The van der Waals surface area contributed by atoms with Crippen molar-refractivity contribution in [1.82, 2.24) is 0 Å². The van der Waals surface area contributed by atoms with Crippen LogP contribution in [0.3, 0.4) is 0 Å². The standard InChI is InChI=1S/C30H30O32/c31-10-30(49)24(43)22(42)21(41)23(50-30)20-25(44)60-54-14(35)4-6-16(37)56-62-27(46)29(20,48)9-19(40)59-53-13(34)2-1-11(32)51-57-17(38)7-28(47)8-18(39)58-52-12(33)3-5-15(36)55-61-26(28)45/h1-2,20-24,31,41-43,47-49H,3-10H2/b2-1+/t20?,21-,22+,23?,24-,28?,29?,30-/m0/s1. The van der Waals surface area contributed by atoms with Gasteiger partial charge in [-0.15, -0.1) is 0 Å². The maximum absolute atomic E-state index is 13.2. The quantitative estimate of drug-likeness (QED) is 0.0676. The molecule has 0 radical (unpaired) electrons. The minimum atomic E-state index is -3.99. The molecule has 0 aromatic rings. The lowest BCUT2D eigenvalue weighted by atomic mass is 9.75. The van der Waals surface area contributed by atoms with Crippen molar-refractivity contribution in [3.63, 3.8) is 0 Å². The average Bonchev–Trinajstić information content (AvgIpc) is 3.22. The molecule has 7 N–H and O–H groups in total. The molecule has 0 aromatic heterocycles. The number of hydrogen-bond acceptors (Lipinski definition) is 32. The highest BCUT2D eigenvalue weighted by atomic mass is 17.2. The molecular formula is C30H30O32. The van der Waals surface area contributed by atoms with E-state index in [1.165, 1.54) is 0 Å². The van der Waals surface area contributed by atoms with Gasteiger partial charge in [-0.3, -0.25) is 0 Å². The molecule has 4 unspecified atom stereocenters. The highest BCUT2D eigenvalue weighted by Crippen LogP contribution is 2.39. The van der Waals surface area contributed by atoms with E-state index in [0.29, 0.717) is 0 Å². The van der Waals surface area contributed by atoms with E-state index in [9.17, 15) is 93.3 Å². The van der Waals surface area contributed by atoms with Crippen LogP contribution in [0.4, 0.5) is 0 Å². The van der Waals surface area contributed by atoms with Crippen LogP contribution in [-0.2, 0) is 121 Å². The Morgan fingerprint density at radius 1 is 0.581 bits per heavy atom. The zero-order valence-electron chi connectivity index (χ0n) is 30.5. The van der Waals surface area contributed by atoms with Crippen LogP contribution >= 0.6 is 0 Å². The summed E-state index contributed by atoms with van der Waals surface area (Å²) in [4.78, 5) is 195. The molecule has 342 valence electrons. The lowest BCUT2D eigenvalue weighted by molar-refractivity contribution is -0.369. The van der Waals surface area contributed by atoms with E-state index in [1.54, 1.807) is 0 Å². The molecule has 3 heterocycles. The van der Waals surface area contributed by atoms with Gasteiger partial charge in [0.05, 0.1) is 51.6 Å². The van der Waals surface area contributed by atoms with E-state index in [1.807, 2.05) is 0 Å². The number of ether oxygens (including phenoxy) is 1. The largest absolute Gasteiger partial charge is 0.391 e. The van der Waals surface area contributed by atoms with Gasteiger partial charge in [0.2, 0.25) is 5.79 Å². The highest BCUT2D eigenvalue weighted by Gasteiger charge is 2.64. The molecule has 0 amide bonds. The summed E-state index contributed by atoms with van der Waals surface area (Å²) in [7, 11) is 0. The van der Waals surface area contributed by atoms with Gasteiger partial charge in [-0.05, 0) is 0 Å². The molecule has 0 bridgehead atoms. The van der Waals surface area contributed by atoms with Gasteiger partial charge in [0.15, 0.2) is 11.2 Å². The first kappa shape index (κ1) is 49.4. The Morgan fingerprint density at radius 3 is 1.52 bits per heavy atom. The van der Waals surface area contributed by atoms with Crippen molar-refractivity contribution in [3.8, 4) is 0 Å². The Kier molecular flexibility index (Phi) is 16.8. The summed E-state index contributed by atoms with van der Waals surface area (Å²) in [5, 5.41) is 73.2. The Morgan fingerprint density at radius 2 is 1.02 bits per heavy atom. The lowest BCUT2D eigenvalue weighted by Gasteiger charge is -2.48. The predicted molar refractivity (Wildman–Crippen MR) is 163 cm³/mol. The topological polar surface area (TPSA) is 466 Å². The first-order valence-electron chi connectivity index (χ1n) is 16.6. The van der Waals surface area contributed by atoms with Gasteiger partial charge >= 0.3 is 71.6 Å². The minimum Gasteiger partial charge on any atom is -0.391 e. The van der Waals surface area contributed by atoms with Gasteiger partial charge < -0.3 is 40.5 Å². The average molecular weight is 903 g/mol. The third-order valence-electron chi connectivity index (χ3n) is 7.88. The normalized spacial score (nSPS) is 30.5. The molecule has 62 heavy (non-hydrogen) atoms. The molecule has 0 aliphatic carbocycles. The number of carbonyl (C=O) groups is 12. The van der Waals surface area contributed by atoms with Crippen LogP contribution in [-0.4, -0.2) is 155 Å². The zero-order chi connectivity index (χ0) is 46.6. The van der Waals surface area contributed by atoms with Crippen molar-refractivity contribution in [2.24, 2.45) is 5.92 Å². The van der Waals surface area contributed by atoms with Crippen molar-refractivity contribution < 1.29 is 157 Å². The molecule has 32 nitrogen and oxygen atoms in total. The lowest BCUT2D eigenvalue weighted by Crippen LogP contribution is -2.70. The second-order valence-corrected chi connectivity index (χ2v) is 12.4. The van der Waals surface area contributed by atoms with Gasteiger partial charge in [0.1, 0.15) is 30.3 Å². The van der Waals surface area contributed by atoms with E-state index < -0.39 is 171 Å². The van der Waals surface area contributed by atoms with Crippen LogP contribution in [0.25, 0.3) is 0 Å². The van der Waals surface area contributed by atoms with Crippen LogP contribution < -0.4 is 0 Å². The van der Waals surface area contributed by atoms with Crippen LogP contribution in [0.15, 0.2) is 12.2 Å². The highest BCUT2D eigenvalue weighted by molar-refractivity contribution is 5.94. The van der Waals surface area contributed by atoms with Crippen molar-refractivity contribution in [3.05, 3.63) is 12.2 Å².